The molecular formula is C32H43BO6Si. The largest absolute Gasteiger partial charge is 0.497 e. The quantitative estimate of drug-likeness (QED) is 0.260. The molecule has 40 heavy (non-hydrogen) atoms. The number of methoxy groups -OCH3 is 2. The topological polar surface area (TPSA) is 77.4 Å². The van der Waals surface area contributed by atoms with Crippen molar-refractivity contribution in [1.82, 2.24) is 0 Å². The molecule has 0 aliphatic carbocycles. The van der Waals surface area contributed by atoms with Crippen molar-refractivity contribution in [3.05, 3.63) is 95.6 Å². The molecule has 1 saturated heterocycles. The maximum absolute atomic E-state index is 11.5. The third-order valence-electron chi connectivity index (χ3n) is 8.85. The molecule has 1 aliphatic heterocycles. The molecule has 2 N–H and O–H groups in total. The summed E-state index contributed by atoms with van der Waals surface area (Å²) < 4.78 is 24.2. The standard InChI is InChI=1S/C32H43BO6Si/c1-31(2,40(5,6)35)20-27-29(34)28(39-30(27)33)21-38-32(22-10-8-7-9-11-22,23-12-16-25(36-3)17-13-23)24-14-18-26(37-4)19-15-24/h7-19,27-30,34-35H,20-21,33H2,1-6H3/t27?,28?,29?,30-/m1/s1. The van der Waals surface area contributed by atoms with Crippen LogP contribution in [0.2, 0.25) is 18.1 Å². The summed E-state index contributed by atoms with van der Waals surface area (Å²) in [6.45, 7) is 8.28. The van der Waals surface area contributed by atoms with Crippen LogP contribution in [0.15, 0.2) is 78.9 Å². The van der Waals surface area contributed by atoms with Gasteiger partial charge < -0.3 is 28.8 Å². The second-order valence-corrected chi connectivity index (χ2v) is 16.5. The van der Waals surface area contributed by atoms with Crippen molar-refractivity contribution in [1.29, 1.82) is 0 Å². The molecule has 214 valence electrons. The molecule has 8 heteroatoms. The highest BCUT2D eigenvalue weighted by atomic mass is 28.4. The van der Waals surface area contributed by atoms with E-state index in [0.717, 1.165) is 28.2 Å². The number of ether oxygens (including phenoxy) is 4. The van der Waals surface area contributed by atoms with Gasteiger partial charge >= 0.3 is 0 Å². The van der Waals surface area contributed by atoms with Gasteiger partial charge in [-0.1, -0.05) is 68.4 Å². The molecule has 4 rings (SSSR count). The minimum atomic E-state index is -2.45. The van der Waals surface area contributed by atoms with E-state index in [9.17, 15) is 9.90 Å². The van der Waals surface area contributed by atoms with Gasteiger partial charge in [0.05, 0.1) is 26.9 Å². The van der Waals surface area contributed by atoms with E-state index in [1.807, 2.05) is 87.7 Å². The zero-order valence-electron chi connectivity index (χ0n) is 24.8. The van der Waals surface area contributed by atoms with Crippen LogP contribution in [0.5, 0.6) is 11.5 Å². The maximum atomic E-state index is 11.5. The lowest BCUT2D eigenvalue weighted by molar-refractivity contribution is -0.0743. The number of aliphatic hydroxyl groups excluding tert-OH is 1. The van der Waals surface area contributed by atoms with Gasteiger partial charge in [-0.15, -0.1) is 0 Å². The summed E-state index contributed by atoms with van der Waals surface area (Å²) in [6.07, 6.45) is -0.549. The first-order chi connectivity index (χ1) is 18.9. The minimum absolute atomic E-state index is 0.101. The SMILES string of the molecule is B[C@@H]1OC(COC(c2ccccc2)(c2ccc(OC)cc2)c2ccc(OC)cc2)C(O)C1CC(C)(C)[Si](C)(C)O. The molecule has 0 radical (unpaired) electrons. The Morgan fingerprint density at radius 3 is 1.75 bits per heavy atom. The highest BCUT2D eigenvalue weighted by molar-refractivity contribution is 6.72. The average Bonchev–Trinajstić information content (AvgIpc) is 3.21. The van der Waals surface area contributed by atoms with Crippen molar-refractivity contribution in [3.8, 4) is 11.5 Å². The fraction of sp³-hybridized carbons (Fsp3) is 0.438. The van der Waals surface area contributed by atoms with E-state index in [4.69, 9.17) is 18.9 Å². The molecule has 0 amide bonds. The van der Waals surface area contributed by atoms with Gasteiger partial charge in [-0.2, -0.15) is 0 Å². The van der Waals surface area contributed by atoms with Gasteiger partial charge in [0.2, 0.25) is 0 Å². The third-order valence-corrected chi connectivity index (χ3v) is 12.4. The lowest BCUT2D eigenvalue weighted by Gasteiger charge is -2.38. The summed E-state index contributed by atoms with van der Waals surface area (Å²) in [5.74, 6) is 1.41. The Morgan fingerprint density at radius 1 is 0.825 bits per heavy atom. The molecule has 3 aromatic rings. The van der Waals surface area contributed by atoms with Gasteiger partial charge in [0.25, 0.3) is 0 Å². The van der Waals surface area contributed by atoms with E-state index < -0.39 is 26.1 Å². The highest BCUT2D eigenvalue weighted by Gasteiger charge is 2.49. The Kier molecular flexibility index (Phi) is 9.17. The van der Waals surface area contributed by atoms with Crippen LogP contribution in [0.4, 0.5) is 0 Å². The van der Waals surface area contributed by atoms with Crippen molar-refractivity contribution in [2.75, 3.05) is 20.8 Å². The Morgan fingerprint density at radius 2 is 1.30 bits per heavy atom. The number of aliphatic hydroxyl groups is 1. The Labute approximate surface area is 240 Å². The van der Waals surface area contributed by atoms with Gasteiger partial charge in [-0.25, -0.2) is 0 Å². The Hall–Kier alpha value is -2.62. The third kappa shape index (κ3) is 6.02. The second-order valence-electron chi connectivity index (χ2n) is 12.0. The van der Waals surface area contributed by atoms with E-state index in [0.29, 0.717) is 6.42 Å². The van der Waals surface area contributed by atoms with Gasteiger partial charge in [0.15, 0.2) is 8.32 Å². The number of hydrogen-bond donors (Lipinski definition) is 2. The van der Waals surface area contributed by atoms with Gasteiger partial charge in [0, 0.05) is 11.9 Å². The first-order valence-corrected chi connectivity index (χ1v) is 16.9. The lowest BCUT2D eigenvalue weighted by atomic mass is 9.79. The molecular weight excluding hydrogens is 519 g/mol. The molecule has 1 aliphatic rings. The van der Waals surface area contributed by atoms with E-state index in [2.05, 4.69) is 26.0 Å². The van der Waals surface area contributed by atoms with Crippen LogP contribution < -0.4 is 9.47 Å². The predicted molar refractivity (Wildman–Crippen MR) is 163 cm³/mol. The molecule has 0 bridgehead atoms. The number of rotatable bonds is 11. The number of hydrogen-bond acceptors (Lipinski definition) is 6. The molecule has 1 heterocycles. The lowest BCUT2D eigenvalue weighted by Crippen LogP contribution is -2.43. The zero-order valence-corrected chi connectivity index (χ0v) is 25.8. The highest BCUT2D eigenvalue weighted by Crippen LogP contribution is 2.46. The summed E-state index contributed by atoms with van der Waals surface area (Å²) in [5.41, 5.74) is 1.83. The summed E-state index contributed by atoms with van der Waals surface area (Å²) in [5, 5.41) is 11.2. The van der Waals surface area contributed by atoms with Crippen LogP contribution in [0.3, 0.4) is 0 Å². The number of benzene rings is 3. The molecule has 3 aromatic carbocycles. The zero-order chi connectivity index (χ0) is 29.1. The van der Waals surface area contributed by atoms with Gasteiger partial charge in [0.1, 0.15) is 31.1 Å². The maximum Gasteiger partial charge on any atom is 0.188 e. The summed E-state index contributed by atoms with van der Waals surface area (Å²) in [7, 11) is 2.86. The first kappa shape index (κ1) is 30.3. The van der Waals surface area contributed by atoms with E-state index in [1.165, 1.54) is 0 Å². The monoisotopic (exact) mass is 562 g/mol. The smallest absolute Gasteiger partial charge is 0.188 e. The molecule has 4 atom stereocenters. The van der Waals surface area contributed by atoms with E-state index in [1.54, 1.807) is 14.2 Å². The minimum Gasteiger partial charge on any atom is -0.497 e. The summed E-state index contributed by atoms with van der Waals surface area (Å²) >= 11 is 0. The fourth-order valence-electron chi connectivity index (χ4n) is 5.56. The second kappa shape index (κ2) is 12.1. The molecule has 0 saturated carbocycles. The predicted octanol–water partition coefficient (Wildman–Crippen LogP) is 4.72. The fourth-order valence-corrected chi connectivity index (χ4v) is 6.29. The molecule has 0 aromatic heterocycles. The van der Waals surface area contributed by atoms with Crippen LogP contribution in [-0.4, -0.2) is 65.1 Å². The Bertz CT molecular complexity index is 1180. The van der Waals surface area contributed by atoms with Crippen molar-refractivity contribution >= 4 is 16.2 Å². The van der Waals surface area contributed by atoms with Crippen LogP contribution >= 0.6 is 0 Å². The first-order valence-electron chi connectivity index (χ1n) is 14.0. The molecule has 0 spiro atoms. The van der Waals surface area contributed by atoms with Crippen molar-refractivity contribution in [3.63, 3.8) is 0 Å². The molecule has 1 fully saturated rings. The van der Waals surface area contributed by atoms with E-state index in [-0.39, 0.29) is 23.6 Å². The van der Waals surface area contributed by atoms with Crippen LogP contribution in [-0.2, 0) is 15.1 Å². The van der Waals surface area contributed by atoms with Crippen LogP contribution in [0.1, 0.15) is 37.0 Å². The van der Waals surface area contributed by atoms with Crippen LogP contribution in [0.25, 0.3) is 0 Å². The van der Waals surface area contributed by atoms with Crippen molar-refractivity contribution < 1.29 is 28.8 Å². The van der Waals surface area contributed by atoms with Crippen molar-refractivity contribution in [2.24, 2.45) is 5.92 Å². The average molecular weight is 563 g/mol. The summed E-state index contributed by atoms with van der Waals surface area (Å²) in [4.78, 5) is 10.9. The van der Waals surface area contributed by atoms with Gasteiger partial charge in [-0.3, -0.25) is 0 Å². The van der Waals surface area contributed by atoms with Crippen molar-refractivity contribution in [2.45, 2.75) is 62.2 Å². The van der Waals surface area contributed by atoms with Crippen LogP contribution in [0, 0.1) is 5.92 Å². The molecule has 3 unspecified atom stereocenters. The summed E-state index contributed by atoms with van der Waals surface area (Å²) in [6, 6.07) is 25.7. The van der Waals surface area contributed by atoms with Gasteiger partial charge in [-0.05, 0) is 65.5 Å². The normalized spacial score (nSPS) is 21.8. The van der Waals surface area contributed by atoms with E-state index >= 15 is 0 Å². The molecule has 6 nitrogen and oxygen atoms in total. The Balaban J connectivity index is 1.73.